The van der Waals surface area contributed by atoms with Crippen molar-refractivity contribution >= 4 is 5.69 Å². The van der Waals surface area contributed by atoms with Crippen molar-refractivity contribution in [3.05, 3.63) is 24.5 Å². The number of fused-ring (bicyclic) bond motifs is 5. The van der Waals surface area contributed by atoms with E-state index in [-0.39, 0.29) is 0 Å². The molecule has 1 saturated heterocycles. The van der Waals surface area contributed by atoms with E-state index < -0.39 is 0 Å². The highest BCUT2D eigenvalue weighted by Crippen LogP contribution is 2.65. The SMILES string of the molecule is c1cc(N2CCC(NC3C4C5CCC(C5)C34)CC2)ccn1. The van der Waals surface area contributed by atoms with Gasteiger partial charge in [-0.3, -0.25) is 4.98 Å². The van der Waals surface area contributed by atoms with Crippen LogP contribution >= 0.6 is 0 Å². The summed E-state index contributed by atoms with van der Waals surface area (Å²) < 4.78 is 0. The highest BCUT2D eigenvalue weighted by Gasteiger charge is 2.64. The molecule has 3 saturated carbocycles. The summed E-state index contributed by atoms with van der Waals surface area (Å²) in [7, 11) is 0. The maximum atomic E-state index is 4.12. The van der Waals surface area contributed by atoms with Gasteiger partial charge in [0.25, 0.3) is 0 Å². The molecule has 3 aliphatic carbocycles. The van der Waals surface area contributed by atoms with Gasteiger partial charge in [-0.05, 0) is 67.9 Å². The lowest BCUT2D eigenvalue weighted by Gasteiger charge is -2.34. The Morgan fingerprint density at radius 2 is 1.62 bits per heavy atom. The second-order valence-corrected chi connectivity index (χ2v) is 7.65. The summed E-state index contributed by atoms with van der Waals surface area (Å²) in [6.45, 7) is 2.38. The van der Waals surface area contributed by atoms with Crippen LogP contribution in [0, 0.1) is 23.7 Å². The highest BCUT2D eigenvalue weighted by molar-refractivity contribution is 5.44. The minimum absolute atomic E-state index is 0.762. The van der Waals surface area contributed by atoms with Gasteiger partial charge in [0.05, 0.1) is 0 Å². The highest BCUT2D eigenvalue weighted by atomic mass is 15.2. The largest absolute Gasteiger partial charge is 0.371 e. The smallest absolute Gasteiger partial charge is 0.0397 e. The van der Waals surface area contributed by atoms with Crippen LogP contribution in [0.1, 0.15) is 32.1 Å². The van der Waals surface area contributed by atoms with Crippen molar-refractivity contribution in [1.29, 1.82) is 0 Å². The molecular weight excluding hydrogens is 258 g/mol. The molecule has 0 aromatic carbocycles. The van der Waals surface area contributed by atoms with Crippen LogP contribution < -0.4 is 10.2 Å². The monoisotopic (exact) mass is 283 g/mol. The lowest BCUT2D eigenvalue weighted by atomic mass is 10.0. The van der Waals surface area contributed by atoms with E-state index in [1.165, 1.54) is 44.5 Å². The van der Waals surface area contributed by atoms with Crippen LogP contribution in [0.4, 0.5) is 5.69 Å². The number of nitrogens with one attached hydrogen (secondary N) is 1. The normalized spacial score (nSPS) is 41.3. The zero-order chi connectivity index (χ0) is 13.8. The first kappa shape index (κ1) is 12.5. The maximum Gasteiger partial charge on any atom is 0.0397 e. The van der Waals surface area contributed by atoms with Crippen LogP contribution in [-0.2, 0) is 0 Å². The van der Waals surface area contributed by atoms with Crippen LogP contribution in [0.5, 0.6) is 0 Å². The number of aromatic nitrogens is 1. The number of nitrogens with zero attached hydrogens (tertiary/aromatic N) is 2. The summed E-state index contributed by atoms with van der Waals surface area (Å²) in [6.07, 6.45) is 11.0. The van der Waals surface area contributed by atoms with Crippen molar-refractivity contribution in [2.24, 2.45) is 23.7 Å². The number of hydrogen-bond acceptors (Lipinski definition) is 3. The van der Waals surface area contributed by atoms with E-state index in [1.54, 1.807) is 6.42 Å². The topological polar surface area (TPSA) is 28.2 Å². The van der Waals surface area contributed by atoms with Gasteiger partial charge in [-0.1, -0.05) is 0 Å². The van der Waals surface area contributed by atoms with Gasteiger partial charge < -0.3 is 10.2 Å². The standard InChI is InChI=1S/C18H25N3/c1-2-13-11-12(1)16-17(13)18(16)20-14-5-9-21(10-6-14)15-3-7-19-8-4-15/h3-4,7-8,12-14,16-18,20H,1-2,5-6,9-11H2. The minimum atomic E-state index is 0.762. The molecule has 0 radical (unpaired) electrons. The van der Waals surface area contributed by atoms with E-state index in [2.05, 4.69) is 27.3 Å². The third-order valence-corrected chi connectivity index (χ3v) is 6.69. The summed E-state index contributed by atoms with van der Waals surface area (Å²) in [6, 6.07) is 5.93. The summed E-state index contributed by atoms with van der Waals surface area (Å²) in [5.41, 5.74) is 1.34. The predicted molar refractivity (Wildman–Crippen MR) is 84.2 cm³/mol. The van der Waals surface area contributed by atoms with Crippen LogP contribution in [0.25, 0.3) is 0 Å². The van der Waals surface area contributed by atoms with Crippen LogP contribution in [-0.4, -0.2) is 30.2 Å². The van der Waals surface area contributed by atoms with Gasteiger partial charge in [0, 0.05) is 43.3 Å². The van der Waals surface area contributed by atoms with E-state index in [9.17, 15) is 0 Å². The fraction of sp³-hybridized carbons (Fsp3) is 0.722. The van der Waals surface area contributed by atoms with Gasteiger partial charge in [0.1, 0.15) is 0 Å². The van der Waals surface area contributed by atoms with Crippen molar-refractivity contribution in [1.82, 2.24) is 10.3 Å². The quantitative estimate of drug-likeness (QED) is 0.924. The van der Waals surface area contributed by atoms with E-state index in [1.807, 2.05) is 12.4 Å². The third kappa shape index (κ3) is 2.01. The fourth-order valence-corrected chi connectivity index (χ4v) is 5.68. The Bertz CT molecular complexity index is 492. The first-order chi connectivity index (χ1) is 10.4. The van der Waals surface area contributed by atoms with Crippen molar-refractivity contribution in [2.45, 2.75) is 44.2 Å². The van der Waals surface area contributed by atoms with Gasteiger partial charge >= 0.3 is 0 Å². The van der Waals surface area contributed by atoms with Crippen molar-refractivity contribution in [3.8, 4) is 0 Å². The average Bonchev–Trinajstić information content (AvgIpc) is 2.93. The molecule has 3 nitrogen and oxygen atoms in total. The molecule has 2 heterocycles. The molecule has 1 aromatic heterocycles. The fourth-order valence-electron chi connectivity index (χ4n) is 5.68. The van der Waals surface area contributed by atoms with Crippen LogP contribution in [0.3, 0.4) is 0 Å². The van der Waals surface area contributed by atoms with E-state index in [0.29, 0.717) is 0 Å². The molecule has 4 fully saturated rings. The second-order valence-electron chi connectivity index (χ2n) is 7.65. The van der Waals surface area contributed by atoms with E-state index in [0.717, 1.165) is 35.8 Å². The lowest BCUT2D eigenvalue weighted by molar-refractivity contribution is 0.369. The molecule has 0 amide bonds. The van der Waals surface area contributed by atoms with E-state index >= 15 is 0 Å². The Labute approximate surface area is 127 Å². The summed E-state index contributed by atoms with van der Waals surface area (Å²) in [5.74, 6) is 4.33. The second kappa shape index (κ2) is 4.70. The Kier molecular flexibility index (Phi) is 2.79. The first-order valence-corrected chi connectivity index (χ1v) is 8.81. The molecule has 1 aliphatic heterocycles. The van der Waals surface area contributed by atoms with Gasteiger partial charge in [-0.2, -0.15) is 0 Å². The first-order valence-electron chi connectivity index (χ1n) is 8.81. The number of rotatable bonds is 3. The zero-order valence-electron chi connectivity index (χ0n) is 12.6. The zero-order valence-corrected chi connectivity index (χ0v) is 12.6. The Balaban J connectivity index is 1.16. The number of piperidine rings is 1. The van der Waals surface area contributed by atoms with Crippen molar-refractivity contribution < 1.29 is 0 Å². The molecular formula is C18H25N3. The molecule has 4 atom stereocenters. The summed E-state index contributed by atoms with van der Waals surface area (Å²) in [4.78, 5) is 6.63. The van der Waals surface area contributed by atoms with Gasteiger partial charge in [-0.15, -0.1) is 0 Å². The Hall–Kier alpha value is -1.09. The molecule has 5 rings (SSSR count). The van der Waals surface area contributed by atoms with Crippen molar-refractivity contribution in [3.63, 3.8) is 0 Å². The molecule has 4 aliphatic rings. The predicted octanol–water partition coefficient (Wildman–Crippen LogP) is 2.68. The molecule has 2 bridgehead atoms. The minimum Gasteiger partial charge on any atom is -0.371 e. The summed E-state index contributed by atoms with van der Waals surface area (Å²) in [5, 5.41) is 4.03. The number of hydrogen-bond donors (Lipinski definition) is 1. The molecule has 1 N–H and O–H groups in total. The number of pyridine rings is 1. The molecule has 112 valence electrons. The maximum absolute atomic E-state index is 4.12. The summed E-state index contributed by atoms with van der Waals surface area (Å²) >= 11 is 0. The third-order valence-electron chi connectivity index (χ3n) is 6.69. The number of anilines is 1. The molecule has 21 heavy (non-hydrogen) atoms. The van der Waals surface area contributed by atoms with Gasteiger partial charge in [0.2, 0.25) is 0 Å². The Morgan fingerprint density at radius 3 is 2.29 bits per heavy atom. The van der Waals surface area contributed by atoms with Gasteiger partial charge in [0.15, 0.2) is 0 Å². The molecule has 3 heteroatoms. The van der Waals surface area contributed by atoms with Crippen molar-refractivity contribution in [2.75, 3.05) is 18.0 Å². The molecule has 0 spiro atoms. The van der Waals surface area contributed by atoms with Crippen LogP contribution in [0.15, 0.2) is 24.5 Å². The van der Waals surface area contributed by atoms with Crippen LogP contribution in [0.2, 0.25) is 0 Å². The lowest BCUT2D eigenvalue weighted by Crippen LogP contribution is -2.44. The molecule has 1 aromatic rings. The van der Waals surface area contributed by atoms with E-state index in [4.69, 9.17) is 0 Å². The Morgan fingerprint density at radius 1 is 0.952 bits per heavy atom. The average molecular weight is 283 g/mol. The molecule has 4 unspecified atom stereocenters. The van der Waals surface area contributed by atoms with Gasteiger partial charge in [-0.25, -0.2) is 0 Å².